The van der Waals surface area contributed by atoms with Crippen molar-refractivity contribution in [3.8, 4) is 5.75 Å². The number of para-hydroxylation sites is 1. The number of carbonyl (C=O) groups excluding carboxylic acids is 1. The highest BCUT2D eigenvalue weighted by atomic mass is 16.6. The minimum Gasteiger partial charge on any atom is -0.507 e. The highest BCUT2D eigenvalue weighted by Crippen LogP contribution is 2.15. The monoisotopic (exact) mass is 303 g/mol. The summed E-state index contributed by atoms with van der Waals surface area (Å²) in [5.41, 5.74) is 5.74. The molecule has 2 aromatic carbocycles. The Morgan fingerprint density at radius 3 is 2.05 bits per heavy atom. The molecule has 0 bridgehead atoms. The fourth-order valence-electron chi connectivity index (χ4n) is 1.62. The van der Waals surface area contributed by atoms with Crippen LogP contribution in [0.3, 0.4) is 0 Å². The van der Waals surface area contributed by atoms with Crippen LogP contribution in [-0.2, 0) is 4.74 Å². The predicted octanol–water partition coefficient (Wildman–Crippen LogP) is 2.93. The molecule has 0 fully saturated rings. The van der Waals surface area contributed by atoms with Crippen molar-refractivity contribution < 1.29 is 24.5 Å². The van der Waals surface area contributed by atoms with Crippen LogP contribution in [0.25, 0.3) is 0 Å². The molecule has 116 valence electrons. The first kappa shape index (κ1) is 17.0. The van der Waals surface area contributed by atoms with Crippen molar-refractivity contribution in [2.45, 2.75) is 13.0 Å². The Hall–Kier alpha value is -3.02. The minimum absolute atomic E-state index is 0.0671. The van der Waals surface area contributed by atoms with E-state index in [-0.39, 0.29) is 17.4 Å². The van der Waals surface area contributed by atoms with Gasteiger partial charge in [-0.3, -0.25) is 0 Å². The van der Waals surface area contributed by atoms with Gasteiger partial charge in [0.25, 0.3) is 0 Å². The number of amides is 1. The standard InChI is InChI=1S/C9H11NO2.C7H6O3/c1-7(12-9(10)11)8-5-3-2-4-6-8;8-6-4-2-1-3-5(6)7(9)10/h2-7H,1H3,(H2,10,11);1-4,8H,(H,9,10)/t7-;/m1./s1. The number of rotatable bonds is 3. The van der Waals surface area contributed by atoms with Gasteiger partial charge in [0.1, 0.15) is 17.4 Å². The van der Waals surface area contributed by atoms with Crippen LogP contribution >= 0.6 is 0 Å². The van der Waals surface area contributed by atoms with E-state index in [0.29, 0.717) is 0 Å². The van der Waals surface area contributed by atoms with E-state index >= 15 is 0 Å². The van der Waals surface area contributed by atoms with Gasteiger partial charge in [0, 0.05) is 0 Å². The van der Waals surface area contributed by atoms with Gasteiger partial charge in [-0.2, -0.15) is 0 Å². The van der Waals surface area contributed by atoms with Crippen molar-refractivity contribution in [2.24, 2.45) is 5.73 Å². The lowest BCUT2D eigenvalue weighted by atomic mass is 10.1. The van der Waals surface area contributed by atoms with Crippen molar-refractivity contribution >= 4 is 12.1 Å². The molecule has 0 heterocycles. The molecule has 2 rings (SSSR count). The van der Waals surface area contributed by atoms with E-state index < -0.39 is 12.1 Å². The maximum Gasteiger partial charge on any atom is 0.405 e. The third kappa shape index (κ3) is 5.54. The molecular weight excluding hydrogens is 286 g/mol. The molecule has 6 nitrogen and oxygen atoms in total. The number of aromatic carboxylic acids is 1. The summed E-state index contributed by atoms with van der Waals surface area (Å²) in [5, 5.41) is 17.3. The second-order valence-electron chi connectivity index (χ2n) is 4.31. The second kappa shape index (κ2) is 8.31. The highest BCUT2D eigenvalue weighted by Gasteiger charge is 2.07. The highest BCUT2D eigenvalue weighted by molar-refractivity contribution is 5.90. The van der Waals surface area contributed by atoms with E-state index in [1.54, 1.807) is 19.1 Å². The van der Waals surface area contributed by atoms with Crippen molar-refractivity contribution in [3.63, 3.8) is 0 Å². The summed E-state index contributed by atoms with van der Waals surface area (Å²) in [6, 6.07) is 15.3. The molecule has 0 aliphatic carbocycles. The molecule has 0 radical (unpaired) electrons. The molecule has 0 unspecified atom stereocenters. The average Bonchev–Trinajstić information content (AvgIpc) is 2.48. The molecule has 0 saturated heterocycles. The Balaban J connectivity index is 0.000000224. The number of ether oxygens (including phenoxy) is 1. The molecule has 1 atom stereocenters. The Bertz CT molecular complexity index is 627. The summed E-state index contributed by atoms with van der Waals surface area (Å²) in [6.07, 6.45) is -1.02. The van der Waals surface area contributed by atoms with Gasteiger partial charge in [0.05, 0.1) is 0 Å². The van der Waals surface area contributed by atoms with E-state index in [9.17, 15) is 9.59 Å². The summed E-state index contributed by atoms with van der Waals surface area (Å²) in [5.74, 6) is -1.31. The van der Waals surface area contributed by atoms with E-state index in [4.69, 9.17) is 20.7 Å². The quantitative estimate of drug-likeness (QED) is 0.807. The summed E-state index contributed by atoms with van der Waals surface area (Å²) >= 11 is 0. The maximum atomic E-state index is 10.4. The largest absolute Gasteiger partial charge is 0.507 e. The molecule has 2 aromatic rings. The second-order valence-corrected chi connectivity index (χ2v) is 4.31. The number of carboxylic acids is 1. The van der Waals surface area contributed by atoms with E-state index in [2.05, 4.69) is 0 Å². The van der Waals surface area contributed by atoms with Crippen molar-refractivity contribution in [2.75, 3.05) is 0 Å². The number of phenols is 1. The molecule has 6 heteroatoms. The van der Waals surface area contributed by atoms with Crippen LogP contribution in [0.5, 0.6) is 5.75 Å². The summed E-state index contributed by atoms with van der Waals surface area (Å²) in [6.45, 7) is 1.78. The maximum absolute atomic E-state index is 10.4. The third-order valence-corrected chi connectivity index (χ3v) is 2.70. The van der Waals surface area contributed by atoms with Crippen LogP contribution in [-0.4, -0.2) is 22.3 Å². The van der Waals surface area contributed by atoms with Crippen molar-refractivity contribution in [3.05, 3.63) is 65.7 Å². The zero-order chi connectivity index (χ0) is 16.5. The molecular formula is C16H17NO5. The molecule has 22 heavy (non-hydrogen) atoms. The number of hydrogen-bond acceptors (Lipinski definition) is 4. The fourth-order valence-corrected chi connectivity index (χ4v) is 1.62. The van der Waals surface area contributed by atoms with Crippen LogP contribution in [0.15, 0.2) is 54.6 Å². The third-order valence-electron chi connectivity index (χ3n) is 2.70. The lowest BCUT2D eigenvalue weighted by molar-refractivity contribution is 0.0693. The Kier molecular flexibility index (Phi) is 6.43. The number of carboxylic acid groups (broad SMARTS) is 1. The normalized spacial score (nSPS) is 10.8. The molecule has 4 N–H and O–H groups in total. The summed E-state index contributed by atoms with van der Waals surface area (Å²) < 4.78 is 4.78. The van der Waals surface area contributed by atoms with Gasteiger partial charge in [-0.05, 0) is 24.6 Å². The van der Waals surface area contributed by atoms with Crippen LogP contribution < -0.4 is 5.73 Å². The van der Waals surface area contributed by atoms with Crippen molar-refractivity contribution in [1.82, 2.24) is 0 Å². The average molecular weight is 303 g/mol. The smallest absolute Gasteiger partial charge is 0.405 e. The Morgan fingerprint density at radius 1 is 1.05 bits per heavy atom. The number of carbonyl (C=O) groups is 2. The predicted molar refractivity (Wildman–Crippen MR) is 80.6 cm³/mol. The first-order chi connectivity index (χ1) is 10.4. The molecule has 0 aliphatic heterocycles. The van der Waals surface area contributed by atoms with Gasteiger partial charge >= 0.3 is 12.1 Å². The SMILES string of the molecule is C[C@@H](OC(N)=O)c1ccccc1.O=C(O)c1ccccc1O. The van der Waals surface area contributed by atoms with Crippen molar-refractivity contribution in [1.29, 1.82) is 0 Å². The van der Waals surface area contributed by atoms with Gasteiger partial charge in [-0.25, -0.2) is 9.59 Å². The number of primary amides is 1. The molecule has 0 aromatic heterocycles. The van der Waals surface area contributed by atoms with Gasteiger partial charge in [0.2, 0.25) is 0 Å². The van der Waals surface area contributed by atoms with Crippen LogP contribution in [0, 0.1) is 0 Å². The fraction of sp³-hybridized carbons (Fsp3) is 0.125. The lowest BCUT2D eigenvalue weighted by Gasteiger charge is -2.10. The Labute approximate surface area is 127 Å². The van der Waals surface area contributed by atoms with Crippen LogP contribution in [0.2, 0.25) is 0 Å². The molecule has 0 spiro atoms. The van der Waals surface area contributed by atoms with E-state index in [0.717, 1.165) is 5.56 Å². The lowest BCUT2D eigenvalue weighted by Crippen LogP contribution is -2.15. The van der Waals surface area contributed by atoms with E-state index in [1.165, 1.54) is 12.1 Å². The number of aromatic hydroxyl groups is 1. The molecule has 0 aliphatic rings. The topological polar surface area (TPSA) is 110 Å². The Morgan fingerprint density at radius 2 is 1.59 bits per heavy atom. The number of hydrogen-bond donors (Lipinski definition) is 3. The zero-order valence-corrected chi connectivity index (χ0v) is 12.0. The zero-order valence-electron chi connectivity index (χ0n) is 12.0. The van der Waals surface area contributed by atoms with E-state index in [1.807, 2.05) is 30.3 Å². The number of nitrogens with two attached hydrogens (primary N) is 1. The van der Waals surface area contributed by atoms with Crippen LogP contribution in [0.4, 0.5) is 4.79 Å². The number of benzene rings is 2. The first-order valence-corrected chi connectivity index (χ1v) is 6.44. The van der Waals surface area contributed by atoms with Gasteiger partial charge in [0.15, 0.2) is 0 Å². The van der Waals surface area contributed by atoms with Gasteiger partial charge in [-0.15, -0.1) is 0 Å². The van der Waals surface area contributed by atoms with Crippen LogP contribution in [0.1, 0.15) is 28.9 Å². The van der Waals surface area contributed by atoms with Gasteiger partial charge < -0.3 is 20.7 Å². The minimum atomic E-state index is -1.11. The molecule has 1 amide bonds. The van der Waals surface area contributed by atoms with Gasteiger partial charge in [-0.1, -0.05) is 42.5 Å². The molecule has 0 saturated carbocycles. The summed E-state index contributed by atoms with van der Waals surface area (Å²) in [7, 11) is 0. The first-order valence-electron chi connectivity index (χ1n) is 6.44. The summed E-state index contributed by atoms with van der Waals surface area (Å²) in [4.78, 5) is 20.6.